The summed E-state index contributed by atoms with van der Waals surface area (Å²) in [6, 6.07) is 6.35. The number of para-hydroxylation sites is 2. The van der Waals surface area contributed by atoms with Gasteiger partial charge in [-0.2, -0.15) is 0 Å². The van der Waals surface area contributed by atoms with Gasteiger partial charge in [0.15, 0.2) is 0 Å². The zero-order valence-corrected chi connectivity index (χ0v) is 18.2. The third kappa shape index (κ3) is 6.67. The first-order valence-corrected chi connectivity index (χ1v) is 10.5. The molecule has 172 valence electrons. The fraction of sp³-hybridized carbons (Fsp3) is 0.591. The van der Waals surface area contributed by atoms with E-state index >= 15 is 0 Å². The normalized spacial score (nSPS) is 19.4. The molecule has 1 aromatic carbocycles. The van der Waals surface area contributed by atoms with E-state index in [9.17, 15) is 19.5 Å². The van der Waals surface area contributed by atoms with Crippen molar-refractivity contribution in [2.45, 2.75) is 58.3 Å². The summed E-state index contributed by atoms with van der Waals surface area (Å²) in [5.74, 6) is -2.14. The quantitative estimate of drug-likeness (QED) is 0.470. The smallest absolute Gasteiger partial charge is 0.349 e. The summed E-state index contributed by atoms with van der Waals surface area (Å²) in [5, 5.41) is 19.2. The molecule has 0 aromatic heterocycles. The van der Waals surface area contributed by atoms with E-state index in [0.29, 0.717) is 17.9 Å². The molecule has 0 spiro atoms. The van der Waals surface area contributed by atoms with Crippen LogP contribution in [-0.2, 0) is 19.1 Å². The number of hydrogen-bond donors (Lipinski definition) is 3. The Hall–Kier alpha value is -2.65. The Morgan fingerprint density at radius 1 is 1.26 bits per heavy atom. The van der Waals surface area contributed by atoms with Crippen LogP contribution in [-0.4, -0.2) is 59.5 Å². The maximum Gasteiger partial charge on any atom is 0.349 e. The molecule has 9 nitrogen and oxygen atoms in total. The maximum atomic E-state index is 13.1. The summed E-state index contributed by atoms with van der Waals surface area (Å²) >= 11 is 0. The van der Waals surface area contributed by atoms with Gasteiger partial charge in [-0.3, -0.25) is 9.59 Å². The molecule has 31 heavy (non-hydrogen) atoms. The van der Waals surface area contributed by atoms with Gasteiger partial charge in [0, 0.05) is 12.5 Å². The molecule has 2 rings (SSSR count). The van der Waals surface area contributed by atoms with Crippen LogP contribution in [0, 0.1) is 11.8 Å². The first-order valence-electron chi connectivity index (χ1n) is 10.5. The number of aliphatic hydroxyl groups excluding tert-OH is 1. The predicted molar refractivity (Wildman–Crippen MR) is 114 cm³/mol. The second-order valence-corrected chi connectivity index (χ2v) is 8.08. The number of esters is 1. The minimum atomic E-state index is -0.989. The Kier molecular flexibility index (Phi) is 8.82. The number of benzene rings is 1. The van der Waals surface area contributed by atoms with Crippen LogP contribution in [0.3, 0.4) is 0 Å². The van der Waals surface area contributed by atoms with Crippen molar-refractivity contribution >= 4 is 23.5 Å². The Morgan fingerprint density at radius 3 is 2.58 bits per heavy atom. The molecule has 1 aliphatic rings. The van der Waals surface area contributed by atoms with E-state index in [1.165, 1.54) is 11.8 Å². The molecule has 5 atom stereocenters. The number of carboxylic acid groups (broad SMARTS) is 1. The lowest BCUT2D eigenvalue weighted by Gasteiger charge is -2.34. The highest BCUT2D eigenvalue weighted by molar-refractivity contribution is 5.96. The van der Waals surface area contributed by atoms with Crippen LogP contribution in [0.4, 0.5) is 5.69 Å². The van der Waals surface area contributed by atoms with Crippen LogP contribution in [0.1, 0.15) is 40.0 Å². The van der Waals surface area contributed by atoms with Gasteiger partial charge < -0.3 is 30.3 Å². The zero-order chi connectivity index (χ0) is 23.1. The summed E-state index contributed by atoms with van der Waals surface area (Å²) in [4.78, 5) is 37.7. The van der Waals surface area contributed by atoms with Crippen molar-refractivity contribution in [1.29, 1.82) is 0 Å². The molecule has 0 fully saturated rings. The standard InChI is InChI=1S/C22H32N2O7/c1-4-30-22(29)19-12-24(16-7-5-6-8-18(16)31-19)20(26)10-13(2)9-15(23)17(25)11-14(3)21(27)28/h5-8,13-15,17,19,25H,4,9-12,23H2,1-3H3,(H,27,28)/t13-,14+,15-,17-,19+/m0/s1. The number of anilines is 1. The minimum Gasteiger partial charge on any atom is -0.481 e. The third-order valence-corrected chi connectivity index (χ3v) is 5.33. The lowest BCUT2D eigenvalue weighted by Crippen LogP contribution is -2.48. The average Bonchev–Trinajstić information content (AvgIpc) is 2.72. The molecule has 1 amide bonds. The van der Waals surface area contributed by atoms with E-state index < -0.39 is 36.1 Å². The van der Waals surface area contributed by atoms with Gasteiger partial charge in [0.2, 0.25) is 12.0 Å². The molecule has 0 bridgehead atoms. The van der Waals surface area contributed by atoms with E-state index in [1.807, 2.05) is 6.92 Å². The fourth-order valence-corrected chi connectivity index (χ4v) is 3.58. The summed E-state index contributed by atoms with van der Waals surface area (Å²) in [6.45, 7) is 5.33. The number of carbonyl (C=O) groups is 3. The lowest BCUT2D eigenvalue weighted by atomic mass is 9.91. The number of aliphatic carboxylic acids is 1. The summed E-state index contributed by atoms with van der Waals surface area (Å²) < 4.78 is 10.8. The number of rotatable bonds is 10. The van der Waals surface area contributed by atoms with Crippen LogP contribution >= 0.6 is 0 Å². The maximum absolute atomic E-state index is 13.1. The molecule has 1 heterocycles. The monoisotopic (exact) mass is 436 g/mol. The van der Waals surface area contributed by atoms with Gasteiger partial charge in [-0.25, -0.2) is 4.79 Å². The van der Waals surface area contributed by atoms with E-state index in [-0.39, 0.29) is 37.8 Å². The molecule has 1 aliphatic heterocycles. The Morgan fingerprint density at radius 2 is 1.94 bits per heavy atom. The molecule has 1 aromatic rings. The molecule has 4 N–H and O–H groups in total. The number of amides is 1. The van der Waals surface area contributed by atoms with Gasteiger partial charge in [-0.05, 0) is 37.8 Å². The molecular formula is C22H32N2O7. The fourth-order valence-electron chi connectivity index (χ4n) is 3.58. The van der Waals surface area contributed by atoms with E-state index in [0.717, 1.165) is 0 Å². The number of carboxylic acids is 1. The molecule has 0 radical (unpaired) electrons. The number of hydrogen-bond acceptors (Lipinski definition) is 7. The van der Waals surface area contributed by atoms with Crippen LogP contribution in [0.2, 0.25) is 0 Å². The number of carbonyl (C=O) groups excluding carboxylic acids is 2. The number of aliphatic hydroxyl groups is 1. The van der Waals surface area contributed by atoms with Gasteiger partial charge in [-0.1, -0.05) is 26.0 Å². The van der Waals surface area contributed by atoms with E-state index in [2.05, 4.69) is 0 Å². The van der Waals surface area contributed by atoms with Crippen molar-refractivity contribution in [3.63, 3.8) is 0 Å². The highest BCUT2D eigenvalue weighted by Gasteiger charge is 2.35. The molecule has 0 saturated heterocycles. The zero-order valence-electron chi connectivity index (χ0n) is 18.2. The van der Waals surface area contributed by atoms with E-state index in [1.54, 1.807) is 31.2 Å². The van der Waals surface area contributed by atoms with Crippen LogP contribution in [0.5, 0.6) is 5.75 Å². The van der Waals surface area contributed by atoms with Crippen LogP contribution in [0.25, 0.3) is 0 Å². The molecule has 0 aliphatic carbocycles. The first-order chi connectivity index (χ1) is 14.6. The molecule has 0 saturated carbocycles. The summed E-state index contributed by atoms with van der Waals surface area (Å²) in [7, 11) is 0. The minimum absolute atomic E-state index is 0.0478. The number of nitrogens with zero attached hydrogens (tertiary/aromatic N) is 1. The van der Waals surface area contributed by atoms with Crippen LogP contribution < -0.4 is 15.4 Å². The average molecular weight is 437 g/mol. The van der Waals surface area contributed by atoms with Crippen molar-refractivity contribution in [2.24, 2.45) is 17.6 Å². The van der Waals surface area contributed by atoms with Crippen molar-refractivity contribution in [1.82, 2.24) is 0 Å². The molecule has 0 unspecified atom stereocenters. The van der Waals surface area contributed by atoms with Crippen molar-refractivity contribution < 1.29 is 34.1 Å². The predicted octanol–water partition coefficient (Wildman–Crippen LogP) is 1.56. The van der Waals surface area contributed by atoms with Gasteiger partial charge >= 0.3 is 11.9 Å². The van der Waals surface area contributed by atoms with Gasteiger partial charge in [0.25, 0.3) is 0 Å². The number of fused-ring (bicyclic) bond motifs is 1. The second-order valence-electron chi connectivity index (χ2n) is 8.08. The highest BCUT2D eigenvalue weighted by atomic mass is 16.6. The largest absolute Gasteiger partial charge is 0.481 e. The lowest BCUT2D eigenvalue weighted by molar-refractivity contribution is -0.151. The van der Waals surface area contributed by atoms with Crippen molar-refractivity contribution in [3.05, 3.63) is 24.3 Å². The number of ether oxygens (including phenoxy) is 2. The Bertz CT molecular complexity index is 785. The molecule has 9 heteroatoms. The topological polar surface area (TPSA) is 139 Å². The van der Waals surface area contributed by atoms with Gasteiger partial charge in [0.1, 0.15) is 5.75 Å². The van der Waals surface area contributed by atoms with Crippen molar-refractivity contribution in [3.8, 4) is 5.75 Å². The summed E-state index contributed by atoms with van der Waals surface area (Å²) in [6.07, 6.45) is -1.32. The first kappa shape index (κ1) is 24.6. The van der Waals surface area contributed by atoms with Gasteiger partial charge in [-0.15, -0.1) is 0 Å². The third-order valence-electron chi connectivity index (χ3n) is 5.33. The molecular weight excluding hydrogens is 404 g/mol. The Labute approximate surface area is 182 Å². The Balaban J connectivity index is 2.02. The van der Waals surface area contributed by atoms with E-state index in [4.69, 9.17) is 20.3 Å². The second kappa shape index (κ2) is 11.1. The highest BCUT2D eigenvalue weighted by Crippen LogP contribution is 2.34. The van der Waals surface area contributed by atoms with Crippen LogP contribution in [0.15, 0.2) is 24.3 Å². The number of nitrogens with two attached hydrogens (primary N) is 1. The summed E-state index contributed by atoms with van der Waals surface area (Å²) in [5.41, 5.74) is 6.63. The SMILES string of the molecule is CCOC(=O)[C@H]1CN(C(=O)C[C@@H](C)C[C@H](N)[C@@H](O)C[C@@H](C)C(=O)O)c2ccccc2O1. The van der Waals surface area contributed by atoms with Crippen molar-refractivity contribution in [2.75, 3.05) is 18.1 Å². The van der Waals surface area contributed by atoms with Gasteiger partial charge in [0.05, 0.1) is 30.9 Å².